The molecule has 0 unspecified atom stereocenters. The highest BCUT2D eigenvalue weighted by atomic mass is 16.4. The number of aliphatic carboxylic acids is 1. The van der Waals surface area contributed by atoms with Crippen LogP contribution in [0.3, 0.4) is 0 Å². The summed E-state index contributed by atoms with van der Waals surface area (Å²) in [5, 5.41) is 13.6. The highest BCUT2D eigenvalue weighted by Gasteiger charge is 2.03. The molecule has 0 aromatic heterocycles. The van der Waals surface area contributed by atoms with Crippen LogP contribution in [0.25, 0.3) is 0 Å². The lowest BCUT2D eigenvalue weighted by atomic mass is 10.0. The lowest BCUT2D eigenvalue weighted by molar-refractivity contribution is -0.138. The van der Waals surface area contributed by atoms with Crippen molar-refractivity contribution < 1.29 is 19.5 Å². The first-order valence-electron chi connectivity index (χ1n) is 9.31. The van der Waals surface area contributed by atoms with Gasteiger partial charge in [-0.3, -0.25) is 14.4 Å². The summed E-state index contributed by atoms with van der Waals surface area (Å²) in [5.41, 5.74) is 0. The van der Waals surface area contributed by atoms with Crippen LogP contribution < -0.4 is 10.6 Å². The van der Waals surface area contributed by atoms with Crippen LogP contribution in [0, 0.1) is 0 Å². The molecule has 0 saturated heterocycles. The van der Waals surface area contributed by atoms with E-state index >= 15 is 0 Å². The monoisotopic (exact) mass is 342 g/mol. The molecule has 0 fully saturated rings. The molecule has 0 aliphatic heterocycles. The number of carboxylic acids is 1. The summed E-state index contributed by atoms with van der Waals surface area (Å²) in [6, 6.07) is 0. The van der Waals surface area contributed by atoms with Crippen LogP contribution >= 0.6 is 0 Å². The molecular weight excluding hydrogens is 308 g/mol. The molecular formula is C18H34N2O4. The average Bonchev–Trinajstić information content (AvgIpc) is 2.54. The molecule has 0 aromatic rings. The number of carbonyl (C=O) groups is 3. The fourth-order valence-electron chi connectivity index (χ4n) is 2.53. The van der Waals surface area contributed by atoms with Crippen molar-refractivity contribution in [3.05, 3.63) is 0 Å². The molecule has 0 aromatic carbocycles. The molecule has 0 heterocycles. The van der Waals surface area contributed by atoms with Gasteiger partial charge in [0.15, 0.2) is 0 Å². The van der Waals surface area contributed by atoms with Gasteiger partial charge in [-0.1, -0.05) is 51.4 Å². The largest absolute Gasteiger partial charge is 0.480 e. The predicted octanol–water partition coefficient (Wildman–Crippen LogP) is 3.00. The van der Waals surface area contributed by atoms with E-state index in [4.69, 9.17) is 5.11 Å². The second-order valence-electron chi connectivity index (χ2n) is 6.16. The van der Waals surface area contributed by atoms with Gasteiger partial charge in [0.1, 0.15) is 6.54 Å². The number of amides is 2. The molecule has 140 valence electrons. The fourth-order valence-corrected chi connectivity index (χ4v) is 2.53. The summed E-state index contributed by atoms with van der Waals surface area (Å²) >= 11 is 0. The van der Waals surface area contributed by atoms with Crippen molar-refractivity contribution in [3.8, 4) is 0 Å². The van der Waals surface area contributed by atoms with E-state index in [1.807, 2.05) is 6.92 Å². The average molecular weight is 342 g/mol. The van der Waals surface area contributed by atoms with Crippen molar-refractivity contribution in [1.29, 1.82) is 0 Å². The second kappa shape index (κ2) is 16.3. The number of rotatable bonds is 16. The van der Waals surface area contributed by atoms with Gasteiger partial charge in [-0.05, 0) is 19.8 Å². The SMILES string of the molecule is CCNC(=O)CCCCCCCCCCCCC(=O)NCC(=O)O. The van der Waals surface area contributed by atoms with Crippen LogP contribution in [0.5, 0.6) is 0 Å². The first kappa shape index (κ1) is 22.4. The Morgan fingerprint density at radius 2 is 1.04 bits per heavy atom. The van der Waals surface area contributed by atoms with E-state index in [0.717, 1.165) is 32.1 Å². The Balaban J connectivity index is 3.19. The van der Waals surface area contributed by atoms with Crippen LogP contribution in [-0.4, -0.2) is 36.0 Å². The van der Waals surface area contributed by atoms with Crippen molar-refractivity contribution in [1.82, 2.24) is 10.6 Å². The van der Waals surface area contributed by atoms with Crippen molar-refractivity contribution in [2.75, 3.05) is 13.1 Å². The van der Waals surface area contributed by atoms with Gasteiger partial charge in [0.05, 0.1) is 0 Å². The third-order valence-corrected chi connectivity index (χ3v) is 3.87. The lowest BCUT2D eigenvalue weighted by Crippen LogP contribution is -2.28. The van der Waals surface area contributed by atoms with Gasteiger partial charge in [0, 0.05) is 19.4 Å². The summed E-state index contributed by atoms with van der Waals surface area (Å²) in [6.45, 7) is 2.36. The topological polar surface area (TPSA) is 95.5 Å². The second-order valence-corrected chi connectivity index (χ2v) is 6.16. The molecule has 0 bridgehead atoms. The molecule has 0 spiro atoms. The minimum atomic E-state index is -1.01. The molecule has 0 atom stereocenters. The van der Waals surface area contributed by atoms with Gasteiger partial charge in [-0.15, -0.1) is 0 Å². The molecule has 0 aliphatic rings. The van der Waals surface area contributed by atoms with Crippen molar-refractivity contribution in [3.63, 3.8) is 0 Å². The van der Waals surface area contributed by atoms with E-state index in [1.54, 1.807) is 0 Å². The molecule has 0 aliphatic carbocycles. The predicted molar refractivity (Wildman–Crippen MR) is 94.7 cm³/mol. The Bertz CT molecular complexity index is 359. The number of carbonyl (C=O) groups excluding carboxylic acids is 2. The van der Waals surface area contributed by atoms with E-state index < -0.39 is 5.97 Å². The van der Waals surface area contributed by atoms with Gasteiger partial charge in [-0.25, -0.2) is 0 Å². The first-order chi connectivity index (χ1) is 11.6. The lowest BCUT2D eigenvalue weighted by Gasteiger charge is -2.04. The molecule has 6 nitrogen and oxygen atoms in total. The van der Waals surface area contributed by atoms with Crippen LogP contribution in [-0.2, 0) is 14.4 Å². The molecule has 24 heavy (non-hydrogen) atoms. The minimum absolute atomic E-state index is 0.161. The van der Waals surface area contributed by atoms with Crippen molar-refractivity contribution >= 4 is 17.8 Å². The highest BCUT2D eigenvalue weighted by Crippen LogP contribution is 2.12. The van der Waals surface area contributed by atoms with Crippen LogP contribution in [0.2, 0.25) is 0 Å². The quantitative estimate of drug-likeness (QED) is 0.376. The minimum Gasteiger partial charge on any atom is -0.480 e. The van der Waals surface area contributed by atoms with Gasteiger partial charge in [0.2, 0.25) is 11.8 Å². The van der Waals surface area contributed by atoms with E-state index in [1.165, 1.54) is 32.1 Å². The van der Waals surface area contributed by atoms with Crippen LogP contribution in [0.15, 0.2) is 0 Å². The Hall–Kier alpha value is -1.59. The van der Waals surface area contributed by atoms with Gasteiger partial charge < -0.3 is 15.7 Å². The highest BCUT2D eigenvalue weighted by molar-refractivity contribution is 5.80. The summed E-state index contributed by atoms with van der Waals surface area (Å²) in [6.07, 6.45) is 12.2. The number of hydrogen-bond acceptors (Lipinski definition) is 3. The molecule has 0 radical (unpaired) electrons. The zero-order valence-electron chi connectivity index (χ0n) is 15.1. The number of nitrogens with one attached hydrogen (secondary N) is 2. The molecule has 2 amide bonds. The normalized spacial score (nSPS) is 10.4. The van der Waals surface area contributed by atoms with Crippen molar-refractivity contribution in [2.24, 2.45) is 0 Å². The van der Waals surface area contributed by atoms with Crippen LogP contribution in [0.4, 0.5) is 0 Å². The standard InChI is InChI=1S/C18H34N2O4/c1-2-19-16(21)13-11-9-7-5-3-4-6-8-10-12-14-17(22)20-15-18(23)24/h2-15H2,1H3,(H,19,21)(H,20,22)(H,23,24). The zero-order valence-corrected chi connectivity index (χ0v) is 15.1. The third-order valence-electron chi connectivity index (χ3n) is 3.87. The van der Waals surface area contributed by atoms with E-state index in [2.05, 4.69) is 10.6 Å². The van der Waals surface area contributed by atoms with E-state index in [9.17, 15) is 14.4 Å². The summed E-state index contributed by atoms with van der Waals surface area (Å²) in [4.78, 5) is 32.8. The van der Waals surface area contributed by atoms with Gasteiger partial charge >= 0.3 is 5.97 Å². The van der Waals surface area contributed by atoms with Crippen LogP contribution in [0.1, 0.15) is 84.0 Å². The number of hydrogen-bond donors (Lipinski definition) is 3. The van der Waals surface area contributed by atoms with E-state index in [0.29, 0.717) is 19.4 Å². The smallest absolute Gasteiger partial charge is 0.322 e. The molecule has 0 saturated carbocycles. The molecule has 0 rings (SSSR count). The van der Waals surface area contributed by atoms with E-state index in [-0.39, 0.29) is 18.4 Å². The Morgan fingerprint density at radius 3 is 1.42 bits per heavy atom. The Kier molecular flexibility index (Phi) is 15.2. The fraction of sp³-hybridized carbons (Fsp3) is 0.833. The maximum atomic E-state index is 11.3. The third kappa shape index (κ3) is 16.8. The first-order valence-corrected chi connectivity index (χ1v) is 9.31. The molecule has 3 N–H and O–H groups in total. The number of unbranched alkanes of at least 4 members (excludes halogenated alkanes) is 9. The zero-order chi connectivity index (χ0) is 18.0. The van der Waals surface area contributed by atoms with Gasteiger partial charge in [0.25, 0.3) is 0 Å². The summed E-state index contributed by atoms with van der Waals surface area (Å²) in [7, 11) is 0. The summed E-state index contributed by atoms with van der Waals surface area (Å²) < 4.78 is 0. The Morgan fingerprint density at radius 1 is 0.667 bits per heavy atom. The maximum Gasteiger partial charge on any atom is 0.322 e. The maximum absolute atomic E-state index is 11.3. The molecule has 6 heteroatoms. The summed E-state index contributed by atoms with van der Waals surface area (Å²) in [5.74, 6) is -1.02. The van der Waals surface area contributed by atoms with Crippen molar-refractivity contribution in [2.45, 2.75) is 84.0 Å². The van der Waals surface area contributed by atoms with Gasteiger partial charge in [-0.2, -0.15) is 0 Å². The Labute approximate surface area is 145 Å². The number of carboxylic acid groups (broad SMARTS) is 1.